The zero-order chi connectivity index (χ0) is 15.5. The maximum absolute atomic E-state index is 14.1. The van der Waals surface area contributed by atoms with Crippen LogP contribution in [-0.2, 0) is 0 Å². The van der Waals surface area contributed by atoms with Crippen LogP contribution in [0.5, 0.6) is 0 Å². The molecule has 0 radical (unpaired) electrons. The van der Waals surface area contributed by atoms with Crippen molar-refractivity contribution in [1.29, 1.82) is 5.26 Å². The van der Waals surface area contributed by atoms with Gasteiger partial charge in [0, 0.05) is 26.2 Å². The van der Waals surface area contributed by atoms with E-state index in [1.165, 1.54) is 6.07 Å². The van der Waals surface area contributed by atoms with Crippen LogP contribution in [0.1, 0.15) is 17.2 Å². The lowest BCUT2D eigenvalue weighted by atomic mass is 9.96. The number of rotatable bonds is 4. The van der Waals surface area contributed by atoms with Crippen molar-refractivity contribution in [2.45, 2.75) is 12.0 Å². The van der Waals surface area contributed by atoms with Gasteiger partial charge in [0.1, 0.15) is 24.5 Å². The summed E-state index contributed by atoms with van der Waals surface area (Å²) >= 11 is 0. The maximum atomic E-state index is 14.1. The molecular formula is C14H16F3N3O. The highest BCUT2D eigenvalue weighted by Crippen LogP contribution is 2.37. The van der Waals surface area contributed by atoms with Crippen molar-refractivity contribution in [2.24, 2.45) is 0 Å². The lowest BCUT2D eigenvalue weighted by Crippen LogP contribution is -2.51. The van der Waals surface area contributed by atoms with E-state index >= 15 is 0 Å². The number of nitrogens with zero attached hydrogens (tertiary/aromatic N) is 2. The molecular weight excluding hydrogens is 283 g/mol. The first kappa shape index (κ1) is 15.8. The SMILES string of the molecule is N#Cc1cc([C@H](N2CCNCC2)C(F)(F)CO)ccc1F. The van der Waals surface area contributed by atoms with Crippen molar-refractivity contribution >= 4 is 0 Å². The molecule has 4 nitrogen and oxygen atoms in total. The molecule has 0 aliphatic carbocycles. The molecule has 114 valence electrons. The van der Waals surface area contributed by atoms with Gasteiger partial charge in [-0.3, -0.25) is 4.90 Å². The van der Waals surface area contributed by atoms with Crippen molar-refractivity contribution in [1.82, 2.24) is 10.2 Å². The average molecular weight is 299 g/mol. The maximum Gasteiger partial charge on any atom is 0.289 e. The Labute approximate surface area is 120 Å². The van der Waals surface area contributed by atoms with Crippen molar-refractivity contribution in [3.05, 3.63) is 35.1 Å². The van der Waals surface area contributed by atoms with Gasteiger partial charge in [-0.05, 0) is 17.7 Å². The third kappa shape index (κ3) is 3.35. The van der Waals surface area contributed by atoms with Crippen molar-refractivity contribution in [3.8, 4) is 6.07 Å². The molecule has 21 heavy (non-hydrogen) atoms. The number of hydrogen-bond donors (Lipinski definition) is 2. The largest absolute Gasteiger partial charge is 0.390 e. The summed E-state index contributed by atoms with van der Waals surface area (Å²) in [5, 5.41) is 20.9. The van der Waals surface area contributed by atoms with Crippen LogP contribution < -0.4 is 5.32 Å². The quantitative estimate of drug-likeness (QED) is 0.879. The third-order valence-corrected chi connectivity index (χ3v) is 3.55. The first-order valence-corrected chi connectivity index (χ1v) is 6.62. The summed E-state index contributed by atoms with van der Waals surface area (Å²) in [6, 6.07) is 3.66. The summed E-state index contributed by atoms with van der Waals surface area (Å²) < 4.78 is 41.6. The molecule has 7 heteroatoms. The van der Waals surface area contributed by atoms with E-state index in [2.05, 4.69) is 5.32 Å². The van der Waals surface area contributed by atoms with E-state index in [1.54, 1.807) is 11.0 Å². The average Bonchev–Trinajstić information content (AvgIpc) is 2.50. The van der Waals surface area contributed by atoms with Crippen molar-refractivity contribution in [2.75, 3.05) is 32.8 Å². The fourth-order valence-corrected chi connectivity index (χ4v) is 2.55. The minimum absolute atomic E-state index is 0.133. The normalized spacial score (nSPS) is 18.2. The second-order valence-electron chi connectivity index (χ2n) is 4.96. The van der Waals surface area contributed by atoms with Gasteiger partial charge in [-0.15, -0.1) is 0 Å². The predicted molar refractivity (Wildman–Crippen MR) is 70.3 cm³/mol. The molecule has 0 aromatic heterocycles. The number of alkyl halides is 2. The molecule has 2 rings (SSSR count). The Kier molecular flexibility index (Phi) is 4.83. The van der Waals surface area contributed by atoms with Crippen LogP contribution >= 0.6 is 0 Å². The van der Waals surface area contributed by atoms with Crippen molar-refractivity contribution < 1.29 is 18.3 Å². The summed E-state index contributed by atoms with van der Waals surface area (Å²) in [5.74, 6) is -4.12. The highest BCUT2D eigenvalue weighted by Gasteiger charge is 2.44. The molecule has 1 saturated heterocycles. The Morgan fingerprint density at radius 3 is 2.62 bits per heavy atom. The zero-order valence-corrected chi connectivity index (χ0v) is 11.3. The van der Waals surface area contributed by atoms with Gasteiger partial charge in [0.2, 0.25) is 0 Å². The van der Waals surface area contributed by atoms with E-state index in [-0.39, 0.29) is 11.1 Å². The summed E-state index contributed by atoms with van der Waals surface area (Å²) in [5.41, 5.74) is -0.143. The second kappa shape index (κ2) is 6.43. The van der Waals surface area contributed by atoms with Gasteiger partial charge >= 0.3 is 0 Å². The minimum atomic E-state index is -3.37. The summed E-state index contributed by atoms with van der Waals surface area (Å²) in [6.45, 7) is 0.592. The summed E-state index contributed by atoms with van der Waals surface area (Å²) in [7, 11) is 0. The van der Waals surface area contributed by atoms with Crippen LogP contribution in [0.25, 0.3) is 0 Å². The van der Waals surface area contributed by atoms with E-state index in [1.807, 2.05) is 0 Å². The Morgan fingerprint density at radius 1 is 1.38 bits per heavy atom. The van der Waals surface area contributed by atoms with E-state index < -0.39 is 24.4 Å². The van der Waals surface area contributed by atoms with Gasteiger partial charge in [0.25, 0.3) is 5.92 Å². The minimum Gasteiger partial charge on any atom is -0.390 e. The van der Waals surface area contributed by atoms with E-state index in [0.717, 1.165) is 12.1 Å². The van der Waals surface area contributed by atoms with E-state index in [0.29, 0.717) is 26.2 Å². The first-order chi connectivity index (χ1) is 9.99. The Balaban J connectivity index is 2.42. The van der Waals surface area contributed by atoms with E-state index in [4.69, 9.17) is 10.4 Å². The topological polar surface area (TPSA) is 59.3 Å². The highest BCUT2D eigenvalue weighted by atomic mass is 19.3. The molecule has 1 fully saturated rings. The Hall–Kier alpha value is -1.62. The predicted octanol–water partition coefficient (Wildman–Crippen LogP) is 1.27. The fourth-order valence-electron chi connectivity index (χ4n) is 2.55. The van der Waals surface area contributed by atoms with Crippen LogP contribution in [0.2, 0.25) is 0 Å². The molecule has 1 aliphatic rings. The molecule has 0 bridgehead atoms. The number of aliphatic hydroxyl groups is 1. The zero-order valence-electron chi connectivity index (χ0n) is 11.3. The number of nitrogens with one attached hydrogen (secondary N) is 1. The molecule has 2 N–H and O–H groups in total. The standard InChI is InChI=1S/C14H16F3N3O/c15-12-2-1-10(7-11(12)8-18)13(14(16,17)9-21)20-5-3-19-4-6-20/h1-2,7,13,19,21H,3-6,9H2/t13-/m0/s1. The number of nitriles is 1. The van der Waals surface area contributed by atoms with Crippen LogP contribution in [0.15, 0.2) is 18.2 Å². The Morgan fingerprint density at radius 2 is 2.05 bits per heavy atom. The monoisotopic (exact) mass is 299 g/mol. The first-order valence-electron chi connectivity index (χ1n) is 6.62. The number of halogens is 3. The van der Waals surface area contributed by atoms with Crippen LogP contribution in [0.3, 0.4) is 0 Å². The highest BCUT2D eigenvalue weighted by molar-refractivity contribution is 5.36. The molecule has 1 aromatic carbocycles. The van der Waals surface area contributed by atoms with Gasteiger partial charge in [0.15, 0.2) is 0 Å². The van der Waals surface area contributed by atoms with Crippen LogP contribution in [0, 0.1) is 17.1 Å². The molecule has 0 spiro atoms. The number of hydrogen-bond acceptors (Lipinski definition) is 4. The lowest BCUT2D eigenvalue weighted by molar-refractivity contribution is -0.118. The van der Waals surface area contributed by atoms with Gasteiger partial charge in [0.05, 0.1) is 5.56 Å². The fraction of sp³-hybridized carbons (Fsp3) is 0.500. The molecule has 1 aliphatic heterocycles. The molecule has 1 atom stereocenters. The summed E-state index contributed by atoms with van der Waals surface area (Å²) in [6.07, 6.45) is 0. The van der Waals surface area contributed by atoms with Crippen molar-refractivity contribution in [3.63, 3.8) is 0 Å². The second-order valence-corrected chi connectivity index (χ2v) is 4.96. The molecule has 0 unspecified atom stereocenters. The summed E-state index contributed by atoms with van der Waals surface area (Å²) in [4.78, 5) is 1.54. The molecule has 1 heterocycles. The van der Waals surface area contributed by atoms with Crippen LogP contribution in [0.4, 0.5) is 13.2 Å². The number of piperazine rings is 1. The Bertz CT molecular complexity index is 539. The van der Waals surface area contributed by atoms with Gasteiger partial charge in [-0.25, -0.2) is 13.2 Å². The van der Waals surface area contributed by atoms with Gasteiger partial charge in [-0.2, -0.15) is 5.26 Å². The van der Waals surface area contributed by atoms with Gasteiger partial charge in [-0.1, -0.05) is 6.07 Å². The lowest BCUT2D eigenvalue weighted by Gasteiger charge is -2.38. The third-order valence-electron chi connectivity index (χ3n) is 3.55. The van der Waals surface area contributed by atoms with Crippen LogP contribution in [-0.4, -0.2) is 48.7 Å². The molecule has 0 amide bonds. The number of aliphatic hydroxyl groups excluding tert-OH is 1. The smallest absolute Gasteiger partial charge is 0.289 e. The van der Waals surface area contributed by atoms with Gasteiger partial charge < -0.3 is 10.4 Å². The van der Waals surface area contributed by atoms with E-state index in [9.17, 15) is 13.2 Å². The number of benzene rings is 1. The molecule has 0 saturated carbocycles. The molecule has 1 aromatic rings.